The van der Waals surface area contributed by atoms with E-state index in [-0.39, 0.29) is 28.5 Å². The van der Waals surface area contributed by atoms with Gasteiger partial charge in [-0.05, 0) is 12.3 Å². The molecule has 0 spiro atoms. The van der Waals surface area contributed by atoms with Crippen molar-refractivity contribution >= 4 is 0 Å². The zero-order valence-corrected chi connectivity index (χ0v) is 23.3. The molecule has 0 amide bonds. The minimum absolute atomic E-state index is 0. The third-order valence-electron chi connectivity index (χ3n) is 3.12. The molecule has 0 bridgehead atoms. The maximum Gasteiger partial charge on any atom is 0 e. The van der Waals surface area contributed by atoms with Crippen LogP contribution < -0.4 is 0 Å². The van der Waals surface area contributed by atoms with Gasteiger partial charge in [-0.15, -0.1) is 6.58 Å². The summed E-state index contributed by atoms with van der Waals surface area (Å²) in [5.41, 5.74) is 0. The molecule has 0 aliphatic carbocycles. The molecular weight excluding hydrogens is 472 g/mol. The van der Waals surface area contributed by atoms with Gasteiger partial charge in [0.2, 0.25) is 0 Å². The second-order valence-corrected chi connectivity index (χ2v) is 5.44. The van der Waals surface area contributed by atoms with E-state index in [0.29, 0.717) is 0 Å². The summed E-state index contributed by atoms with van der Waals surface area (Å²) in [4.78, 5) is 0. The molecule has 1 unspecified atom stereocenters. The van der Waals surface area contributed by atoms with E-state index in [9.17, 15) is 0 Å². The van der Waals surface area contributed by atoms with Crippen molar-refractivity contribution in [1.82, 2.24) is 0 Å². The summed E-state index contributed by atoms with van der Waals surface area (Å²) >= 11 is 0. The Morgan fingerprint density at radius 1 is 0.680 bits per heavy atom. The van der Waals surface area contributed by atoms with Crippen LogP contribution in [0.25, 0.3) is 0 Å². The number of hydrogen-bond acceptors (Lipinski definition) is 0. The molecule has 0 saturated carbocycles. The Bertz CT molecular complexity index is 130. The zero-order valence-electron chi connectivity index (χ0n) is 20.3. The van der Waals surface area contributed by atoms with Crippen molar-refractivity contribution in [1.29, 1.82) is 0 Å². The fourth-order valence-electron chi connectivity index (χ4n) is 1.56. The van der Waals surface area contributed by atoms with Crippen LogP contribution in [0.15, 0.2) is 12.7 Å². The van der Waals surface area contributed by atoms with Gasteiger partial charge in [0, 0.05) is 21.1 Å². The molecule has 0 rings (SSSR count). The van der Waals surface area contributed by atoms with Crippen LogP contribution in [0, 0.1) is 13.3 Å². The SMILES string of the molecule is C=CCC.CC.CC.CCCC.CCCCCCC(C)CCC.[CH3-].[W]. The molecule has 25 heavy (non-hydrogen) atoms. The monoisotopic (exact) mass is 529 g/mol. The molecule has 0 fully saturated rings. The van der Waals surface area contributed by atoms with Gasteiger partial charge < -0.3 is 7.43 Å². The van der Waals surface area contributed by atoms with Gasteiger partial charge in [0.05, 0.1) is 0 Å². The quantitative estimate of drug-likeness (QED) is 0.158. The maximum absolute atomic E-state index is 3.48. The molecular formula is C24H57W-. The molecule has 0 N–H and O–H groups in total. The van der Waals surface area contributed by atoms with Gasteiger partial charge in [0.15, 0.2) is 0 Å². The summed E-state index contributed by atoms with van der Waals surface area (Å²) in [7, 11) is 0. The minimum Gasteiger partial charge on any atom is -0.358 e. The molecule has 0 radical (unpaired) electrons. The maximum atomic E-state index is 3.48. The first-order valence-corrected chi connectivity index (χ1v) is 10.7. The molecule has 0 aromatic heterocycles. The summed E-state index contributed by atoms with van der Waals surface area (Å²) in [5, 5.41) is 0. The number of hydrogen-bond donors (Lipinski definition) is 0. The van der Waals surface area contributed by atoms with Crippen LogP contribution in [-0.4, -0.2) is 0 Å². The van der Waals surface area contributed by atoms with E-state index < -0.39 is 0 Å². The molecule has 0 aromatic carbocycles. The first-order chi connectivity index (χ1) is 11.1. The van der Waals surface area contributed by atoms with Crippen molar-refractivity contribution in [3.05, 3.63) is 20.1 Å². The topological polar surface area (TPSA) is 0 Å². The van der Waals surface area contributed by atoms with Gasteiger partial charge in [-0.3, -0.25) is 0 Å². The Labute approximate surface area is 180 Å². The summed E-state index contributed by atoms with van der Waals surface area (Å²) in [6, 6.07) is 0. The Hall–Kier alpha value is 0.428. The van der Waals surface area contributed by atoms with Crippen molar-refractivity contribution in [3.63, 3.8) is 0 Å². The second kappa shape index (κ2) is 64.4. The van der Waals surface area contributed by atoms with Crippen molar-refractivity contribution in [3.8, 4) is 0 Å². The van der Waals surface area contributed by atoms with Crippen LogP contribution in [0.3, 0.4) is 0 Å². The molecule has 1 heteroatoms. The van der Waals surface area contributed by atoms with Gasteiger partial charge >= 0.3 is 0 Å². The molecule has 0 aliphatic heterocycles. The van der Waals surface area contributed by atoms with Crippen molar-refractivity contribution in [2.24, 2.45) is 5.92 Å². The van der Waals surface area contributed by atoms with Crippen LogP contribution >= 0.6 is 0 Å². The van der Waals surface area contributed by atoms with E-state index in [4.69, 9.17) is 0 Å². The molecule has 0 saturated heterocycles. The Balaban J connectivity index is -0.0000000391. The van der Waals surface area contributed by atoms with E-state index in [1.165, 1.54) is 57.8 Å². The molecule has 1 atom stereocenters. The molecule has 0 nitrogen and oxygen atoms in total. The van der Waals surface area contributed by atoms with Crippen LogP contribution in [-0.2, 0) is 21.1 Å². The summed E-state index contributed by atoms with van der Waals surface area (Å²) < 4.78 is 0. The number of unbranched alkanes of at least 4 members (excludes halogenated alkanes) is 4. The smallest absolute Gasteiger partial charge is 0 e. The minimum atomic E-state index is 0. The molecule has 0 aliphatic rings. The second-order valence-electron chi connectivity index (χ2n) is 5.44. The van der Waals surface area contributed by atoms with E-state index in [1.54, 1.807) is 0 Å². The van der Waals surface area contributed by atoms with Gasteiger partial charge in [0.1, 0.15) is 0 Å². The first-order valence-electron chi connectivity index (χ1n) is 10.7. The predicted molar refractivity (Wildman–Crippen MR) is 123 cm³/mol. The Kier molecular flexibility index (Phi) is 115. The van der Waals surface area contributed by atoms with Gasteiger partial charge in [-0.1, -0.05) is 133 Å². The summed E-state index contributed by atoms with van der Waals surface area (Å²) in [6.45, 7) is 24.8. The van der Waals surface area contributed by atoms with E-state index in [1.807, 2.05) is 33.8 Å². The van der Waals surface area contributed by atoms with E-state index in [2.05, 4.69) is 48.1 Å². The van der Waals surface area contributed by atoms with Crippen LogP contribution in [0.2, 0.25) is 0 Å². The summed E-state index contributed by atoms with van der Waals surface area (Å²) in [5.74, 6) is 0.969. The third kappa shape index (κ3) is 94.1. The van der Waals surface area contributed by atoms with Crippen LogP contribution in [0.1, 0.15) is 133 Å². The van der Waals surface area contributed by atoms with Crippen LogP contribution in [0.5, 0.6) is 0 Å². The molecule has 0 heterocycles. The third-order valence-corrected chi connectivity index (χ3v) is 3.12. The van der Waals surface area contributed by atoms with Gasteiger partial charge in [-0.2, -0.15) is 0 Å². The Morgan fingerprint density at radius 3 is 1.32 bits per heavy atom. The first kappa shape index (κ1) is 44.7. The Morgan fingerprint density at radius 2 is 1.08 bits per heavy atom. The average Bonchev–Trinajstić information content (AvgIpc) is 2.63. The fourth-order valence-corrected chi connectivity index (χ4v) is 1.56. The van der Waals surface area contributed by atoms with Crippen LogP contribution in [0.4, 0.5) is 0 Å². The van der Waals surface area contributed by atoms with Gasteiger partial charge in [0.25, 0.3) is 0 Å². The fraction of sp³-hybridized carbons (Fsp3) is 0.875. The van der Waals surface area contributed by atoms with Gasteiger partial charge in [-0.25, -0.2) is 0 Å². The summed E-state index contributed by atoms with van der Waals surface area (Å²) in [6.07, 6.45) is 15.5. The standard InChI is InChI=1S/C11H24.C4H10.C4H8.2C2H6.CH3.W/c1-4-6-7-8-10-11(3)9-5-2;2*1-3-4-2;2*1-2;;/h11H,4-10H2,1-3H3;3-4H2,1-2H3;3H,1,4H2,2H3;2*1-2H3;1H3;/q;;;;;-1;. The normalized spacial score (nSPS) is 8.56. The largest absolute Gasteiger partial charge is 0.358 e. The number of allylic oxidation sites excluding steroid dienone is 1. The van der Waals surface area contributed by atoms with Crippen molar-refractivity contribution in [2.75, 3.05) is 0 Å². The van der Waals surface area contributed by atoms with E-state index >= 15 is 0 Å². The zero-order chi connectivity index (χ0) is 19.4. The van der Waals surface area contributed by atoms with Crippen molar-refractivity contribution in [2.45, 2.75) is 133 Å². The van der Waals surface area contributed by atoms with E-state index in [0.717, 1.165) is 12.3 Å². The van der Waals surface area contributed by atoms with Crippen molar-refractivity contribution < 1.29 is 21.1 Å². The molecule has 0 aromatic rings. The number of rotatable bonds is 9. The average molecular weight is 530 g/mol. The predicted octanol–water partition coefficient (Wildman–Crippen LogP) is 10.3. The molecule has 160 valence electrons.